The van der Waals surface area contributed by atoms with Gasteiger partial charge < -0.3 is 25.9 Å². The summed E-state index contributed by atoms with van der Waals surface area (Å²) in [5.41, 5.74) is 11.4. The summed E-state index contributed by atoms with van der Waals surface area (Å²) in [4.78, 5) is 40.7. The summed E-state index contributed by atoms with van der Waals surface area (Å²) in [5.74, 6) is -0.670. The van der Waals surface area contributed by atoms with E-state index in [1.165, 1.54) is 12.0 Å². The van der Waals surface area contributed by atoms with E-state index in [4.69, 9.17) is 20.6 Å². The number of para-hydroxylation sites is 2. The Kier molecular flexibility index (Phi) is 7.06. The van der Waals surface area contributed by atoms with Crippen molar-refractivity contribution in [2.45, 2.75) is 44.7 Å². The molecule has 1 atom stereocenters. The number of aryl methyl sites for hydroxylation is 1. The van der Waals surface area contributed by atoms with Crippen LogP contribution in [0.2, 0.25) is 0 Å². The van der Waals surface area contributed by atoms with E-state index in [-0.39, 0.29) is 28.1 Å². The average molecular weight is 498 g/mol. The molecule has 0 radical (unpaired) electrons. The molecule has 1 aliphatic rings. The van der Waals surface area contributed by atoms with Crippen LogP contribution < -0.4 is 26.4 Å². The number of aromatic nitrogens is 1. The second-order valence-corrected chi connectivity index (χ2v) is 9.10. The largest absolute Gasteiger partial charge is 0.495 e. The summed E-state index contributed by atoms with van der Waals surface area (Å²) in [6.45, 7) is 1.75. The molecule has 0 aliphatic heterocycles. The van der Waals surface area contributed by atoms with E-state index < -0.39 is 23.8 Å². The van der Waals surface area contributed by atoms with E-state index in [1.807, 2.05) is 0 Å². The lowest BCUT2D eigenvalue weighted by molar-refractivity contribution is -0.123. The number of furan rings is 1. The van der Waals surface area contributed by atoms with Crippen molar-refractivity contribution >= 4 is 40.6 Å². The zero-order chi connectivity index (χ0) is 25.1. The molecule has 184 valence electrons. The maximum atomic E-state index is 14.0. The molecule has 4 rings (SSSR count). The van der Waals surface area contributed by atoms with Crippen molar-refractivity contribution in [2.75, 3.05) is 17.7 Å². The van der Waals surface area contributed by atoms with E-state index >= 15 is 0 Å². The fourth-order valence-electron chi connectivity index (χ4n) is 4.26. The SMILES string of the molecule is COc1ccccc1N(C(=O)c1snc(C(N)=O)c1N)[C@@H](C(=O)NC1CCCC1)c1ccc(C)o1. The number of hydrogen-bond donors (Lipinski definition) is 3. The van der Waals surface area contributed by atoms with Gasteiger partial charge in [0.25, 0.3) is 17.7 Å². The first-order valence-electron chi connectivity index (χ1n) is 11.2. The number of primary amides is 1. The second-order valence-electron chi connectivity index (χ2n) is 8.33. The van der Waals surface area contributed by atoms with Crippen molar-refractivity contribution in [1.82, 2.24) is 9.69 Å². The Labute approximate surface area is 206 Å². The number of hydrogen-bond acceptors (Lipinski definition) is 8. The zero-order valence-corrected chi connectivity index (χ0v) is 20.3. The highest BCUT2D eigenvalue weighted by Gasteiger charge is 2.39. The van der Waals surface area contributed by atoms with Crippen LogP contribution in [0.5, 0.6) is 5.75 Å². The van der Waals surface area contributed by atoms with Gasteiger partial charge in [0, 0.05) is 6.04 Å². The van der Waals surface area contributed by atoms with Crippen LogP contribution in [0.4, 0.5) is 11.4 Å². The van der Waals surface area contributed by atoms with Crippen LogP contribution in [-0.2, 0) is 4.79 Å². The monoisotopic (exact) mass is 497 g/mol. The predicted octanol–water partition coefficient (Wildman–Crippen LogP) is 3.18. The number of nitrogens with one attached hydrogen (secondary N) is 1. The number of amides is 3. The highest BCUT2D eigenvalue weighted by atomic mass is 32.1. The summed E-state index contributed by atoms with van der Waals surface area (Å²) in [7, 11) is 1.47. The minimum atomic E-state index is -1.17. The van der Waals surface area contributed by atoms with Gasteiger partial charge in [0.1, 0.15) is 22.1 Å². The van der Waals surface area contributed by atoms with Gasteiger partial charge >= 0.3 is 0 Å². The quantitative estimate of drug-likeness (QED) is 0.432. The average Bonchev–Trinajstić information content (AvgIpc) is 3.58. The van der Waals surface area contributed by atoms with Crippen molar-refractivity contribution in [3.8, 4) is 5.75 Å². The van der Waals surface area contributed by atoms with Gasteiger partial charge in [-0.3, -0.25) is 19.3 Å². The molecule has 5 N–H and O–H groups in total. The Morgan fingerprint density at radius 1 is 1.20 bits per heavy atom. The Balaban J connectivity index is 1.87. The molecule has 1 saturated carbocycles. The molecule has 3 aromatic rings. The highest BCUT2D eigenvalue weighted by molar-refractivity contribution is 7.09. The highest BCUT2D eigenvalue weighted by Crippen LogP contribution is 2.38. The third-order valence-electron chi connectivity index (χ3n) is 5.96. The van der Waals surface area contributed by atoms with Gasteiger partial charge in [-0.25, -0.2) is 0 Å². The molecule has 0 spiro atoms. The molecule has 0 unspecified atom stereocenters. The van der Waals surface area contributed by atoms with Crippen molar-refractivity contribution in [1.29, 1.82) is 0 Å². The van der Waals surface area contributed by atoms with E-state index in [0.29, 0.717) is 17.2 Å². The van der Waals surface area contributed by atoms with Gasteiger partial charge in [-0.1, -0.05) is 25.0 Å². The smallest absolute Gasteiger partial charge is 0.273 e. The molecule has 1 aliphatic carbocycles. The lowest BCUT2D eigenvalue weighted by atomic mass is 10.1. The van der Waals surface area contributed by atoms with Crippen molar-refractivity contribution in [3.05, 3.63) is 58.5 Å². The minimum Gasteiger partial charge on any atom is -0.495 e. The second kappa shape index (κ2) is 10.2. The molecule has 3 amide bonds. The van der Waals surface area contributed by atoms with Crippen LogP contribution in [0.1, 0.15) is 63.4 Å². The Bertz CT molecular complexity index is 1250. The number of nitrogen functional groups attached to an aromatic ring is 1. The van der Waals surface area contributed by atoms with E-state index in [9.17, 15) is 14.4 Å². The topological polar surface area (TPSA) is 154 Å². The number of methoxy groups -OCH3 is 1. The van der Waals surface area contributed by atoms with Crippen molar-refractivity contribution in [3.63, 3.8) is 0 Å². The first-order valence-corrected chi connectivity index (χ1v) is 12.0. The van der Waals surface area contributed by atoms with E-state index in [1.54, 1.807) is 43.3 Å². The molecular formula is C24H27N5O5S. The van der Waals surface area contributed by atoms with Crippen LogP contribution in [0.25, 0.3) is 0 Å². The number of carbonyl (C=O) groups excluding carboxylic acids is 3. The number of nitrogens with two attached hydrogens (primary N) is 2. The van der Waals surface area contributed by atoms with Crippen molar-refractivity contribution < 1.29 is 23.5 Å². The van der Waals surface area contributed by atoms with Crippen molar-refractivity contribution in [2.24, 2.45) is 5.73 Å². The van der Waals surface area contributed by atoms with Crippen LogP contribution in [-0.4, -0.2) is 35.2 Å². The molecular weight excluding hydrogens is 470 g/mol. The Morgan fingerprint density at radius 2 is 1.91 bits per heavy atom. The summed E-state index contributed by atoms with van der Waals surface area (Å²) in [5, 5.41) is 3.07. The van der Waals surface area contributed by atoms with Crippen LogP contribution >= 0.6 is 11.5 Å². The lowest BCUT2D eigenvalue weighted by Crippen LogP contribution is -2.46. The molecule has 2 aromatic heterocycles. The molecule has 11 heteroatoms. The third kappa shape index (κ3) is 4.85. The number of benzene rings is 1. The van der Waals surface area contributed by atoms with Gasteiger partial charge in [0.15, 0.2) is 11.7 Å². The van der Waals surface area contributed by atoms with Gasteiger partial charge in [0.05, 0.1) is 18.5 Å². The maximum Gasteiger partial charge on any atom is 0.273 e. The van der Waals surface area contributed by atoms with Crippen LogP contribution in [0, 0.1) is 6.92 Å². The van der Waals surface area contributed by atoms with Gasteiger partial charge in [-0.2, -0.15) is 4.37 Å². The number of carbonyl (C=O) groups is 3. The molecule has 35 heavy (non-hydrogen) atoms. The summed E-state index contributed by atoms with van der Waals surface area (Å²) in [6, 6.07) is 9.03. The molecule has 1 fully saturated rings. The number of nitrogens with zero attached hydrogens (tertiary/aromatic N) is 2. The third-order valence-corrected chi connectivity index (χ3v) is 6.81. The minimum absolute atomic E-state index is 0.00520. The molecule has 1 aromatic carbocycles. The van der Waals surface area contributed by atoms with Gasteiger partial charge in [-0.05, 0) is 55.6 Å². The fraction of sp³-hybridized carbons (Fsp3) is 0.333. The Morgan fingerprint density at radius 3 is 2.51 bits per heavy atom. The first-order chi connectivity index (χ1) is 16.8. The normalized spacial score (nSPS) is 14.5. The Hall–Kier alpha value is -3.86. The zero-order valence-electron chi connectivity index (χ0n) is 19.4. The number of ether oxygens (including phenoxy) is 1. The summed E-state index contributed by atoms with van der Waals surface area (Å²) < 4.78 is 15.3. The van der Waals surface area contributed by atoms with E-state index in [2.05, 4.69) is 9.69 Å². The van der Waals surface area contributed by atoms with Crippen LogP contribution in [0.3, 0.4) is 0 Å². The summed E-state index contributed by atoms with van der Waals surface area (Å²) >= 11 is 0.741. The van der Waals surface area contributed by atoms with E-state index in [0.717, 1.165) is 37.2 Å². The standard InChI is InChI=1S/C24H27N5O5S/c1-13-11-12-17(34-13)20(23(31)27-14-7-3-4-8-14)29(15-9-5-6-10-16(15)33-2)24(32)21-18(25)19(22(26)30)28-35-21/h5-6,9-12,14,20H,3-4,7-8,25H2,1-2H3,(H2,26,30)(H,27,31)/t20-/m1/s1. The fourth-order valence-corrected chi connectivity index (χ4v) is 5.00. The van der Waals surface area contributed by atoms with Gasteiger partial charge in [-0.15, -0.1) is 0 Å². The van der Waals surface area contributed by atoms with Gasteiger partial charge in [0.2, 0.25) is 0 Å². The molecule has 2 heterocycles. The lowest BCUT2D eigenvalue weighted by Gasteiger charge is -2.31. The van der Waals surface area contributed by atoms with Crippen LogP contribution in [0.15, 0.2) is 40.8 Å². The maximum absolute atomic E-state index is 14.0. The number of anilines is 2. The predicted molar refractivity (Wildman–Crippen MR) is 131 cm³/mol. The number of rotatable bonds is 8. The first kappa shape index (κ1) is 24.3. The summed E-state index contributed by atoms with van der Waals surface area (Å²) in [6.07, 6.45) is 3.78. The molecule has 10 nitrogen and oxygen atoms in total. The molecule has 0 saturated heterocycles. The molecule has 0 bridgehead atoms.